The maximum Gasteiger partial charge on any atom is 0.348 e. The van der Waals surface area contributed by atoms with Crippen LogP contribution in [0.15, 0.2) is 66.7 Å². The number of ether oxygens (including phenoxy) is 2. The Labute approximate surface area is 246 Å². The highest BCUT2D eigenvalue weighted by Crippen LogP contribution is 2.26. The van der Waals surface area contributed by atoms with Crippen molar-refractivity contribution in [2.45, 2.75) is 64.9 Å². The molecule has 2 N–H and O–H groups in total. The first-order chi connectivity index (χ1) is 20.0. The van der Waals surface area contributed by atoms with Crippen molar-refractivity contribution < 1.29 is 33.0 Å². The van der Waals surface area contributed by atoms with Gasteiger partial charge in [0.2, 0.25) is 5.60 Å². The lowest BCUT2D eigenvalue weighted by Crippen LogP contribution is -2.43. The number of urea groups is 1. The van der Waals surface area contributed by atoms with E-state index in [4.69, 9.17) is 9.47 Å². The van der Waals surface area contributed by atoms with Crippen molar-refractivity contribution in [2.24, 2.45) is 0 Å². The summed E-state index contributed by atoms with van der Waals surface area (Å²) in [6, 6.07) is 17.0. The van der Waals surface area contributed by atoms with Crippen LogP contribution >= 0.6 is 0 Å². The van der Waals surface area contributed by atoms with Gasteiger partial charge >= 0.3 is 12.0 Å². The number of amides is 2. The zero-order valence-electron chi connectivity index (χ0n) is 24.7. The van der Waals surface area contributed by atoms with Crippen LogP contribution in [-0.4, -0.2) is 47.3 Å². The largest absolute Gasteiger partial charge is 0.492 e. The Morgan fingerprint density at radius 1 is 0.952 bits per heavy atom. The summed E-state index contributed by atoms with van der Waals surface area (Å²) in [5, 5.41) is 12.4. The van der Waals surface area contributed by atoms with Gasteiger partial charge in [-0.3, -0.25) is 0 Å². The molecule has 9 heteroatoms. The molecule has 0 aliphatic rings. The van der Waals surface area contributed by atoms with Crippen LogP contribution in [0.25, 0.3) is 0 Å². The number of benzene rings is 3. The standard InChI is InChI=1S/C33H40F2N2O5/c1-5-6-7-18-37(32(40)36-30-17-12-26(34)21-29(30)35)19-20-41-27-13-8-24(9-14-27)22-33(4,31(38)39)42-28-15-10-25(11-16-28)23(2)3/h8-17,21,23H,5-7,18-20,22H2,1-4H3,(H,36,40)(H,38,39). The molecule has 0 saturated heterocycles. The number of rotatable bonds is 15. The average molecular weight is 583 g/mol. The lowest BCUT2D eigenvalue weighted by atomic mass is 9.96. The van der Waals surface area contributed by atoms with Crippen molar-refractivity contribution in [2.75, 3.05) is 25.0 Å². The second-order valence-corrected chi connectivity index (χ2v) is 10.8. The van der Waals surface area contributed by atoms with E-state index in [0.29, 0.717) is 24.0 Å². The second-order valence-electron chi connectivity index (χ2n) is 10.8. The summed E-state index contributed by atoms with van der Waals surface area (Å²) in [5.74, 6) is -1.24. The fourth-order valence-corrected chi connectivity index (χ4v) is 4.36. The number of nitrogens with one attached hydrogen (secondary N) is 1. The van der Waals surface area contributed by atoms with Crippen molar-refractivity contribution in [3.8, 4) is 11.5 Å². The number of carbonyl (C=O) groups excluding carboxylic acids is 1. The number of anilines is 1. The summed E-state index contributed by atoms with van der Waals surface area (Å²) >= 11 is 0. The van der Waals surface area contributed by atoms with Gasteiger partial charge in [0.15, 0.2) is 0 Å². The zero-order valence-corrected chi connectivity index (χ0v) is 24.7. The number of halogens is 2. The molecule has 2 amide bonds. The van der Waals surface area contributed by atoms with E-state index in [-0.39, 0.29) is 25.3 Å². The average Bonchev–Trinajstić information content (AvgIpc) is 2.95. The second kappa shape index (κ2) is 15.2. The highest BCUT2D eigenvalue weighted by Gasteiger charge is 2.36. The number of carboxylic acids is 1. The topological polar surface area (TPSA) is 88.1 Å². The van der Waals surface area contributed by atoms with E-state index in [9.17, 15) is 23.5 Å². The highest BCUT2D eigenvalue weighted by molar-refractivity contribution is 5.89. The summed E-state index contributed by atoms with van der Waals surface area (Å²) in [6.07, 6.45) is 2.82. The smallest absolute Gasteiger partial charge is 0.348 e. The zero-order chi connectivity index (χ0) is 30.7. The number of hydrogen-bond acceptors (Lipinski definition) is 4. The predicted octanol–water partition coefficient (Wildman–Crippen LogP) is 7.66. The van der Waals surface area contributed by atoms with Gasteiger partial charge in [-0.15, -0.1) is 0 Å². The Hall–Kier alpha value is -4.14. The first-order valence-corrected chi connectivity index (χ1v) is 14.3. The van der Waals surface area contributed by atoms with Crippen molar-refractivity contribution in [3.63, 3.8) is 0 Å². The van der Waals surface area contributed by atoms with Crippen molar-refractivity contribution in [1.82, 2.24) is 4.90 Å². The number of carboxylic acid groups (broad SMARTS) is 1. The highest BCUT2D eigenvalue weighted by atomic mass is 19.1. The number of nitrogens with zero attached hydrogens (tertiary/aromatic N) is 1. The molecule has 1 unspecified atom stereocenters. The van der Waals surface area contributed by atoms with Crippen LogP contribution in [0.5, 0.6) is 11.5 Å². The molecule has 0 heterocycles. The van der Waals surface area contributed by atoms with E-state index >= 15 is 0 Å². The molecule has 0 spiro atoms. The first kappa shape index (κ1) is 32.4. The third-order valence-electron chi connectivity index (χ3n) is 6.93. The van der Waals surface area contributed by atoms with Crippen LogP contribution in [0.4, 0.5) is 19.3 Å². The SMILES string of the molecule is CCCCCN(CCOc1ccc(CC(C)(Oc2ccc(C(C)C)cc2)C(=O)O)cc1)C(=O)Nc1ccc(F)cc1F. The monoisotopic (exact) mass is 582 g/mol. The molecule has 1 atom stereocenters. The van der Waals surface area contributed by atoms with Crippen molar-refractivity contribution in [3.05, 3.63) is 89.5 Å². The molecule has 0 bridgehead atoms. The molecule has 3 rings (SSSR count). The Morgan fingerprint density at radius 3 is 2.21 bits per heavy atom. The van der Waals surface area contributed by atoms with Crippen LogP contribution in [0, 0.1) is 11.6 Å². The maximum atomic E-state index is 14.0. The molecular weight excluding hydrogens is 542 g/mol. The summed E-state index contributed by atoms with van der Waals surface area (Å²) in [7, 11) is 0. The molecule has 0 saturated carbocycles. The third-order valence-corrected chi connectivity index (χ3v) is 6.93. The molecule has 0 aromatic heterocycles. The fourth-order valence-electron chi connectivity index (χ4n) is 4.36. The molecular formula is C33H40F2N2O5. The van der Waals surface area contributed by atoms with E-state index in [0.717, 1.165) is 42.5 Å². The van der Waals surface area contributed by atoms with E-state index in [1.54, 1.807) is 43.3 Å². The van der Waals surface area contributed by atoms with Crippen LogP contribution < -0.4 is 14.8 Å². The van der Waals surface area contributed by atoms with Crippen LogP contribution in [0.2, 0.25) is 0 Å². The molecule has 0 aliphatic heterocycles. The molecule has 7 nitrogen and oxygen atoms in total. The van der Waals surface area contributed by atoms with E-state index in [1.807, 2.05) is 12.1 Å². The lowest BCUT2D eigenvalue weighted by molar-refractivity contribution is -0.153. The van der Waals surface area contributed by atoms with Gasteiger partial charge in [0.05, 0.1) is 12.2 Å². The van der Waals surface area contributed by atoms with Gasteiger partial charge in [-0.05, 0) is 66.8 Å². The molecule has 0 fully saturated rings. The fraction of sp³-hybridized carbons (Fsp3) is 0.394. The van der Waals surface area contributed by atoms with Gasteiger partial charge in [0, 0.05) is 19.0 Å². The minimum absolute atomic E-state index is 0.0942. The number of hydrogen-bond donors (Lipinski definition) is 2. The van der Waals surface area contributed by atoms with E-state index in [2.05, 4.69) is 26.1 Å². The molecule has 3 aromatic rings. The number of carbonyl (C=O) groups is 2. The summed E-state index contributed by atoms with van der Waals surface area (Å²) < 4.78 is 39.0. The summed E-state index contributed by atoms with van der Waals surface area (Å²) in [5.41, 5.74) is 0.329. The molecule has 3 aromatic carbocycles. The Kier molecular flexibility index (Phi) is 11.7. The quantitative estimate of drug-likeness (QED) is 0.180. The van der Waals surface area contributed by atoms with Crippen molar-refractivity contribution >= 4 is 17.7 Å². The summed E-state index contributed by atoms with van der Waals surface area (Å²) in [6.45, 7) is 8.67. The first-order valence-electron chi connectivity index (χ1n) is 14.3. The van der Waals surface area contributed by atoms with Gasteiger partial charge in [-0.25, -0.2) is 18.4 Å². The van der Waals surface area contributed by atoms with Gasteiger partial charge in [0.25, 0.3) is 0 Å². The maximum absolute atomic E-state index is 14.0. The van der Waals surface area contributed by atoms with Gasteiger partial charge in [0.1, 0.15) is 29.7 Å². The van der Waals surface area contributed by atoms with Gasteiger partial charge in [-0.1, -0.05) is 57.9 Å². The number of aliphatic carboxylic acids is 1. The van der Waals surface area contributed by atoms with Crippen LogP contribution in [0.1, 0.15) is 64.0 Å². The van der Waals surface area contributed by atoms with Crippen LogP contribution in [0.3, 0.4) is 0 Å². The minimum atomic E-state index is -1.47. The Bertz CT molecular complexity index is 1320. The minimum Gasteiger partial charge on any atom is -0.492 e. The molecule has 226 valence electrons. The van der Waals surface area contributed by atoms with Gasteiger partial charge in [-0.2, -0.15) is 0 Å². The molecule has 0 radical (unpaired) electrons. The van der Waals surface area contributed by atoms with E-state index in [1.165, 1.54) is 11.0 Å². The lowest BCUT2D eigenvalue weighted by Gasteiger charge is -2.27. The molecule has 42 heavy (non-hydrogen) atoms. The predicted molar refractivity (Wildman–Crippen MR) is 159 cm³/mol. The Morgan fingerprint density at radius 2 is 1.62 bits per heavy atom. The number of unbranched alkanes of at least 4 members (excludes halogenated alkanes) is 2. The van der Waals surface area contributed by atoms with Gasteiger partial charge < -0.3 is 24.8 Å². The Balaban J connectivity index is 1.58. The molecule has 0 aliphatic carbocycles. The third kappa shape index (κ3) is 9.46. The van der Waals surface area contributed by atoms with Crippen LogP contribution in [-0.2, 0) is 11.2 Å². The van der Waals surface area contributed by atoms with Crippen molar-refractivity contribution in [1.29, 1.82) is 0 Å². The normalized spacial score (nSPS) is 12.5. The van der Waals surface area contributed by atoms with E-state index < -0.39 is 29.2 Å². The summed E-state index contributed by atoms with van der Waals surface area (Å²) in [4.78, 5) is 26.5.